The van der Waals surface area contributed by atoms with Crippen LogP contribution in [-0.2, 0) is 4.79 Å². The maximum atomic E-state index is 8.35. The molecule has 5 nitrogen and oxygen atoms in total. The maximum Gasteiger partial charge on any atom is 0.231 e. The molecule has 0 aromatic carbocycles. The molecule has 0 radical (unpaired) electrons. The topological polar surface area (TPSA) is 124 Å². The molecule has 0 spiro atoms. The Balaban J connectivity index is -0.0000000275. The fourth-order valence-corrected chi connectivity index (χ4v) is 0. The molecule has 0 saturated heterocycles. The van der Waals surface area contributed by atoms with Crippen molar-refractivity contribution in [2.75, 3.05) is 0 Å². The molecule has 0 saturated carbocycles. The zero-order valence-electron chi connectivity index (χ0n) is 3.06. The fourth-order valence-electron chi connectivity index (χ4n) is 0. The van der Waals surface area contributed by atoms with Gasteiger partial charge < -0.3 is 5.48 Å². The molecular formula is CH7N3O2. The van der Waals surface area contributed by atoms with Crippen LogP contribution in [0.1, 0.15) is 0 Å². The molecule has 0 aliphatic carbocycles. The first-order valence-corrected chi connectivity index (χ1v) is 0.787. The summed E-state index contributed by atoms with van der Waals surface area (Å²) in [4.78, 5) is 8.35. The summed E-state index contributed by atoms with van der Waals surface area (Å²) in [5.41, 5.74) is 0. The van der Waals surface area contributed by atoms with E-state index in [-0.39, 0.29) is 5.48 Å². The van der Waals surface area contributed by atoms with Crippen molar-refractivity contribution in [2.45, 2.75) is 0 Å². The highest BCUT2D eigenvalue weighted by atomic mass is 16.1. The minimum Gasteiger partial charge on any atom is -0.412 e. The molecule has 0 aliphatic heterocycles. The Morgan fingerprint density at radius 3 is 1.50 bits per heavy atom. The van der Waals surface area contributed by atoms with E-state index in [1.807, 2.05) is 0 Å². The number of isocyanates is 1. The van der Waals surface area contributed by atoms with E-state index in [9.17, 15) is 0 Å². The summed E-state index contributed by atoms with van der Waals surface area (Å²) in [6.07, 6.45) is 0.750. The molecule has 0 aliphatic rings. The second kappa shape index (κ2) is 670. The van der Waals surface area contributed by atoms with E-state index in [4.69, 9.17) is 10.2 Å². The van der Waals surface area contributed by atoms with E-state index < -0.39 is 0 Å². The summed E-state index contributed by atoms with van der Waals surface area (Å²) in [5, 5.41) is 5.40. The van der Waals surface area contributed by atoms with Gasteiger partial charge in [0.25, 0.3) is 0 Å². The first-order chi connectivity index (χ1) is 2.41. The van der Waals surface area contributed by atoms with Crippen molar-refractivity contribution in [1.29, 1.82) is 5.41 Å². The van der Waals surface area contributed by atoms with E-state index in [1.54, 1.807) is 0 Å². The average molecular weight is 93.1 g/mol. The number of hydrazine groups is 1. The molecule has 6 heavy (non-hydrogen) atoms. The summed E-state index contributed by atoms with van der Waals surface area (Å²) in [6, 6.07) is 0. The Labute approximate surface area is 34.7 Å². The highest BCUT2D eigenvalue weighted by molar-refractivity contribution is 5.26. The van der Waals surface area contributed by atoms with Gasteiger partial charge in [0.2, 0.25) is 6.08 Å². The second-order valence-electron chi connectivity index (χ2n) is 0.102. The van der Waals surface area contributed by atoms with Gasteiger partial charge in [-0.05, 0) is 0 Å². The number of hydrogen-bond donors (Lipinski definition) is 3. The van der Waals surface area contributed by atoms with E-state index >= 15 is 0 Å². The van der Waals surface area contributed by atoms with Crippen LogP contribution in [-0.4, -0.2) is 11.6 Å². The van der Waals surface area contributed by atoms with Gasteiger partial charge in [0.1, 0.15) is 0 Å². The van der Waals surface area contributed by atoms with Crippen LogP contribution in [0, 0.1) is 5.41 Å². The zero-order valence-corrected chi connectivity index (χ0v) is 3.06. The minimum absolute atomic E-state index is 0. The molecule has 0 bridgehead atoms. The predicted octanol–water partition coefficient (Wildman–Crippen LogP) is -2.10. The predicted molar refractivity (Wildman–Crippen MR) is 20.4 cm³/mol. The first-order valence-electron chi connectivity index (χ1n) is 0.787. The summed E-state index contributed by atoms with van der Waals surface area (Å²) < 4.78 is 0. The van der Waals surface area contributed by atoms with E-state index in [1.165, 1.54) is 0 Å². The largest absolute Gasteiger partial charge is 0.412 e. The maximum absolute atomic E-state index is 8.35. The number of hydrogen-bond acceptors (Lipinski definition) is 4. The van der Waals surface area contributed by atoms with E-state index in [2.05, 4.69) is 11.7 Å². The lowest BCUT2D eigenvalue weighted by Crippen LogP contribution is -2.02. The van der Waals surface area contributed by atoms with Gasteiger partial charge in [0, 0.05) is 0 Å². The SMILES string of the molecule is N=C=O.NN.O. The van der Waals surface area contributed by atoms with Crippen molar-refractivity contribution < 1.29 is 10.3 Å². The molecule has 0 heterocycles. The van der Waals surface area contributed by atoms with Crippen LogP contribution in [0.5, 0.6) is 0 Å². The van der Waals surface area contributed by atoms with Crippen molar-refractivity contribution in [3.05, 3.63) is 0 Å². The Morgan fingerprint density at radius 1 is 1.50 bits per heavy atom. The van der Waals surface area contributed by atoms with Gasteiger partial charge in [-0.15, -0.1) is 0 Å². The lowest BCUT2D eigenvalue weighted by molar-refractivity contribution is 0.563. The molecule has 0 rings (SSSR count). The molecule has 5 heteroatoms. The minimum atomic E-state index is 0. The molecule has 0 aromatic heterocycles. The number of nitrogens with two attached hydrogens (primary N) is 2. The quantitative estimate of drug-likeness (QED) is 0.137. The Bertz CT molecular complexity index is 29.8. The average Bonchev–Trinajstić information content (AvgIpc) is 1.46. The van der Waals surface area contributed by atoms with Crippen LogP contribution in [0.25, 0.3) is 0 Å². The molecule has 0 fully saturated rings. The Kier molecular flexibility index (Phi) is 2090. The standard InChI is InChI=1S/CHNO.H4N2.H2O/c2-1-3;1-2;/h2H;1-2H2;1H2. The molecular weight excluding hydrogens is 86.0 g/mol. The van der Waals surface area contributed by atoms with Gasteiger partial charge in [-0.25, -0.2) is 10.2 Å². The zero-order chi connectivity index (χ0) is 4.71. The van der Waals surface area contributed by atoms with Crippen LogP contribution >= 0.6 is 0 Å². The summed E-state index contributed by atoms with van der Waals surface area (Å²) in [6.45, 7) is 0. The van der Waals surface area contributed by atoms with Crippen molar-refractivity contribution in [2.24, 2.45) is 11.7 Å². The van der Waals surface area contributed by atoms with Gasteiger partial charge in [-0.3, -0.25) is 11.7 Å². The van der Waals surface area contributed by atoms with Gasteiger partial charge in [0.15, 0.2) is 0 Å². The van der Waals surface area contributed by atoms with Crippen molar-refractivity contribution in [3.63, 3.8) is 0 Å². The molecule has 7 N–H and O–H groups in total. The Morgan fingerprint density at radius 2 is 1.50 bits per heavy atom. The fraction of sp³-hybridized carbons (Fsp3) is 0. The van der Waals surface area contributed by atoms with Crippen LogP contribution in [0.15, 0.2) is 0 Å². The number of rotatable bonds is 0. The van der Waals surface area contributed by atoms with Gasteiger partial charge in [0.05, 0.1) is 0 Å². The second-order valence-corrected chi connectivity index (χ2v) is 0.102. The van der Waals surface area contributed by atoms with Crippen LogP contribution in [0.2, 0.25) is 0 Å². The smallest absolute Gasteiger partial charge is 0.231 e. The number of nitrogens with one attached hydrogen (secondary N) is 1. The monoisotopic (exact) mass is 93.1 g/mol. The molecule has 0 amide bonds. The lowest BCUT2D eigenvalue weighted by atomic mass is 11.7. The third kappa shape index (κ3) is 30.4. The number of carbonyl (C=O) groups excluding carboxylic acids is 1. The molecule has 0 atom stereocenters. The van der Waals surface area contributed by atoms with Crippen LogP contribution in [0.4, 0.5) is 0 Å². The van der Waals surface area contributed by atoms with Gasteiger partial charge >= 0.3 is 0 Å². The Hall–Kier alpha value is -0.740. The van der Waals surface area contributed by atoms with Crippen molar-refractivity contribution in [1.82, 2.24) is 0 Å². The van der Waals surface area contributed by atoms with Gasteiger partial charge in [-0.2, -0.15) is 0 Å². The lowest BCUT2D eigenvalue weighted by Gasteiger charge is -1.27. The first kappa shape index (κ1) is 18.7. The van der Waals surface area contributed by atoms with Crippen LogP contribution < -0.4 is 11.7 Å². The highest BCUT2D eigenvalue weighted by Crippen LogP contribution is 0.868. The van der Waals surface area contributed by atoms with E-state index in [0.717, 1.165) is 6.08 Å². The summed E-state index contributed by atoms with van der Waals surface area (Å²) >= 11 is 0. The highest BCUT2D eigenvalue weighted by Gasteiger charge is 1.03. The van der Waals surface area contributed by atoms with Crippen molar-refractivity contribution in [3.8, 4) is 0 Å². The molecule has 0 unspecified atom stereocenters. The third-order valence-corrected chi connectivity index (χ3v) is 0. The van der Waals surface area contributed by atoms with E-state index in [0.29, 0.717) is 0 Å². The molecule has 38 valence electrons. The third-order valence-electron chi connectivity index (χ3n) is 0. The van der Waals surface area contributed by atoms with Crippen LogP contribution in [0.3, 0.4) is 0 Å². The van der Waals surface area contributed by atoms with Crippen molar-refractivity contribution >= 4 is 6.08 Å². The summed E-state index contributed by atoms with van der Waals surface area (Å²) in [7, 11) is 0. The molecule has 0 aromatic rings. The van der Waals surface area contributed by atoms with Gasteiger partial charge in [-0.1, -0.05) is 0 Å². The normalized spacial score (nSPS) is 2.33. The summed E-state index contributed by atoms with van der Waals surface area (Å²) in [5.74, 6) is 8.00.